The average Bonchev–Trinajstić information content (AvgIpc) is 2.27. The van der Waals surface area contributed by atoms with Gasteiger partial charge < -0.3 is 10.6 Å². The van der Waals surface area contributed by atoms with Crippen LogP contribution in [0.4, 0.5) is 11.8 Å². The minimum absolute atomic E-state index is 0.659. The van der Waals surface area contributed by atoms with E-state index in [2.05, 4.69) is 34.4 Å². The van der Waals surface area contributed by atoms with E-state index in [0.29, 0.717) is 11.9 Å². The highest BCUT2D eigenvalue weighted by Crippen LogP contribution is 2.13. The van der Waals surface area contributed by atoms with E-state index in [0.717, 1.165) is 17.9 Å². The quantitative estimate of drug-likeness (QED) is 0.779. The van der Waals surface area contributed by atoms with Gasteiger partial charge in [0.1, 0.15) is 5.82 Å². The van der Waals surface area contributed by atoms with Crippen LogP contribution in [0.2, 0.25) is 0 Å². The molecule has 84 valence electrons. The maximum Gasteiger partial charge on any atom is 0.224 e. The van der Waals surface area contributed by atoms with Crippen LogP contribution in [-0.2, 0) is 0 Å². The number of nitrogens with zero attached hydrogens (tertiary/aromatic N) is 2. The third-order valence-corrected chi connectivity index (χ3v) is 2.51. The zero-order valence-corrected chi connectivity index (χ0v) is 9.96. The molecule has 1 heterocycles. The van der Waals surface area contributed by atoms with Gasteiger partial charge in [-0.1, -0.05) is 20.3 Å². The van der Waals surface area contributed by atoms with E-state index in [1.807, 2.05) is 20.2 Å². The Labute approximate surface area is 91.5 Å². The van der Waals surface area contributed by atoms with E-state index in [9.17, 15) is 0 Å². The number of aromatic nitrogens is 2. The van der Waals surface area contributed by atoms with Gasteiger partial charge in [0.05, 0.1) is 0 Å². The van der Waals surface area contributed by atoms with Crippen LogP contribution in [0.15, 0.2) is 6.20 Å². The van der Waals surface area contributed by atoms with E-state index in [-0.39, 0.29) is 0 Å². The number of rotatable bonds is 5. The molecule has 1 rings (SSSR count). The summed E-state index contributed by atoms with van der Waals surface area (Å²) in [5.41, 5.74) is 1.08. The molecule has 1 aromatic heterocycles. The first kappa shape index (κ1) is 11.8. The zero-order valence-electron chi connectivity index (χ0n) is 9.96. The molecule has 1 atom stereocenters. The van der Waals surface area contributed by atoms with Crippen LogP contribution in [0, 0.1) is 12.8 Å². The first-order valence-corrected chi connectivity index (χ1v) is 5.42. The van der Waals surface area contributed by atoms with Crippen LogP contribution in [0.1, 0.15) is 25.8 Å². The van der Waals surface area contributed by atoms with Crippen molar-refractivity contribution in [3.63, 3.8) is 0 Å². The van der Waals surface area contributed by atoms with Gasteiger partial charge in [-0.05, 0) is 12.8 Å². The Morgan fingerprint density at radius 2 is 2.20 bits per heavy atom. The second-order valence-corrected chi connectivity index (χ2v) is 3.87. The third kappa shape index (κ3) is 3.38. The SMILES string of the molecule is CCC(C)CNc1nc(NC)ncc1C. The Hall–Kier alpha value is -1.32. The molecule has 0 aliphatic carbocycles. The molecular formula is C11H20N4. The van der Waals surface area contributed by atoms with Gasteiger partial charge in [0, 0.05) is 25.4 Å². The molecule has 4 heteroatoms. The van der Waals surface area contributed by atoms with Gasteiger partial charge in [0.25, 0.3) is 0 Å². The van der Waals surface area contributed by atoms with Gasteiger partial charge in [-0.3, -0.25) is 0 Å². The molecule has 1 unspecified atom stereocenters. The largest absolute Gasteiger partial charge is 0.369 e. The highest BCUT2D eigenvalue weighted by molar-refractivity contribution is 5.46. The van der Waals surface area contributed by atoms with Gasteiger partial charge in [-0.15, -0.1) is 0 Å². The molecule has 0 bridgehead atoms. The van der Waals surface area contributed by atoms with Crippen molar-refractivity contribution in [3.05, 3.63) is 11.8 Å². The van der Waals surface area contributed by atoms with Crippen molar-refractivity contribution in [1.29, 1.82) is 0 Å². The average molecular weight is 208 g/mol. The monoisotopic (exact) mass is 208 g/mol. The first-order valence-electron chi connectivity index (χ1n) is 5.42. The molecule has 0 amide bonds. The lowest BCUT2D eigenvalue weighted by Gasteiger charge is -2.12. The highest BCUT2D eigenvalue weighted by Gasteiger charge is 2.04. The molecule has 15 heavy (non-hydrogen) atoms. The molecule has 1 aromatic rings. The maximum absolute atomic E-state index is 4.36. The predicted molar refractivity (Wildman–Crippen MR) is 64.3 cm³/mol. The summed E-state index contributed by atoms with van der Waals surface area (Å²) in [5, 5.41) is 6.28. The number of aryl methyl sites for hydroxylation is 1. The fourth-order valence-electron chi connectivity index (χ4n) is 1.16. The third-order valence-electron chi connectivity index (χ3n) is 2.51. The van der Waals surface area contributed by atoms with Gasteiger partial charge in [-0.25, -0.2) is 4.98 Å². The van der Waals surface area contributed by atoms with E-state index < -0.39 is 0 Å². The summed E-state index contributed by atoms with van der Waals surface area (Å²) in [6, 6.07) is 0. The highest BCUT2D eigenvalue weighted by atomic mass is 15.1. The summed E-state index contributed by atoms with van der Waals surface area (Å²) >= 11 is 0. The molecule has 0 radical (unpaired) electrons. The Kier molecular flexibility index (Phi) is 4.34. The molecule has 0 saturated heterocycles. The molecule has 2 N–H and O–H groups in total. The van der Waals surface area contributed by atoms with Gasteiger partial charge in [0.15, 0.2) is 0 Å². The zero-order chi connectivity index (χ0) is 11.3. The van der Waals surface area contributed by atoms with Crippen molar-refractivity contribution in [2.45, 2.75) is 27.2 Å². The van der Waals surface area contributed by atoms with Gasteiger partial charge >= 0.3 is 0 Å². The van der Waals surface area contributed by atoms with Crippen LogP contribution >= 0.6 is 0 Å². The van der Waals surface area contributed by atoms with E-state index >= 15 is 0 Å². The number of nitrogens with one attached hydrogen (secondary N) is 2. The van der Waals surface area contributed by atoms with Crippen LogP contribution in [0.5, 0.6) is 0 Å². The molecule has 0 spiro atoms. The van der Waals surface area contributed by atoms with Crippen molar-refractivity contribution >= 4 is 11.8 Å². The normalized spacial score (nSPS) is 12.3. The molecule has 0 fully saturated rings. The minimum Gasteiger partial charge on any atom is -0.369 e. The topological polar surface area (TPSA) is 49.8 Å². The summed E-state index contributed by atoms with van der Waals surface area (Å²) in [4.78, 5) is 8.51. The van der Waals surface area contributed by atoms with Crippen molar-refractivity contribution in [3.8, 4) is 0 Å². The summed E-state index contributed by atoms with van der Waals surface area (Å²) < 4.78 is 0. The van der Waals surface area contributed by atoms with Crippen molar-refractivity contribution in [1.82, 2.24) is 9.97 Å². The van der Waals surface area contributed by atoms with Crippen molar-refractivity contribution in [2.75, 3.05) is 24.2 Å². The summed E-state index contributed by atoms with van der Waals surface area (Å²) in [6.07, 6.45) is 3.01. The molecule has 0 saturated carbocycles. The molecule has 0 aliphatic heterocycles. The van der Waals surface area contributed by atoms with Crippen LogP contribution in [0.3, 0.4) is 0 Å². The number of hydrogen-bond donors (Lipinski definition) is 2. The van der Waals surface area contributed by atoms with Crippen LogP contribution in [-0.4, -0.2) is 23.6 Å². The Bertz CT molecular complexity index is 311. The maximum atomic E-state index is 4.36. The predicted octanol–water partition coefficient (Wildman–Crippen LogP) is 2.28. The second kappa shape index (κ2) is 5.53. The smallest absolute Gasteiger partial charge is 0.224 e. The summed E-state index contributed by atoms with van der Waals surface area (Å²) in [6.45, 7) is 7.39. The van der Waals surface area contributed by atoms with E-state index in [1.165, 1.54) is 6.42 Å². The van der Waals surface area contributed by atoms with Crippen molar-refractivity contribution < 1.29 is 0 Å². The fourth-order valence-corrected chi connectivity index (χ4v) is 1.16. The van der Waals surface area contributed by atoms with Crippen LogP contribution < -0.4 is 10.6 Å². The standard InChI is InChI=1S/C11H20N4/c1-5-8(2)6-13-10-9(3)7-14-11(12-4)15-10/h7-8H,5-6H2,1-4H3,(H2,12,13,14,15). The lowest BCUT2D eigenvalue weighted by Crippen LogP contribution is -2.13. The molecule has 4 nitrogen and oxygen atoms in total. The Balaban J connectivity index is 2.66. The summed E-state index contributed by atoms with van der Waals surface area (Å²) in [7, 11) is 1.82. The lowest BCUT2D eigenvalue weighted by atomic mass is 10.1. The number of hydrogen-bond acceptors (Lipinski definition) is 4. The molecule has 0 aromatic carbocycles. The van der Waals surface area contributed by atoms with E-state index in [4.69, 9.17) is 0 Å². The van der Waals surface area contributed by atoms with Crippen molar-refractivity contribution in [2.24, 2.45) is 5.92 Å². The van der Waals surface area contributed by atoms with Crippen LogP contribution in [0.25, 0.3) is 0 Å². The van der Waals surface area contributed by atoms with Gasteiger partial charge in [0.2, 0.25) is 5.95 Å². The number of anilines is 2. The Morgan fingerprint density at radius 1 is 1.47 bits per heavy atom. The molecular weight excluding hydrogens is 188 g/mol. The fraction of sp³-hybridized carbons (Fsp3) is 0.636. The minimum atomic E-state index is 0.659. The lowest BCUT2D eigenvalue weighted by molar-refractivity contribution is 0.592. The second-order valence-electron chi connectivity index (χ2n) is 3.87. The summed E-state index contributed by atoms with van der Waals surface area (Å²) in [5.74, 6) is 2.25. The van der Waals surface area contributed by atoms with E-state index in [1.54, 1.807) is 0 Å². The van der Waals surface area contributed by atoms with Gasteiger partial charge in [-0.2, -0.15) is 4.98 Å². The Morgan fingerprint density at radius 3 is 2.80 bits per heavy atom. The first-order chi connectivity index (χ1) is 7.17. The molecule has 0 aliphatic rings.